The van der Waals surface area contributed by atoms with Gasteiger partial charge in [0.25, 0.3) is 0 Å². The van der Waals surface area contributed by atoms with Gasteiger partial charge < -0.3 is 14.1 Å². The van der Waals surface area contributed by atoms with Gasteiger partial charge >= 0.3 is 0 Å². The Hall–Kier alpha value is -2.34. The SMILES string of the molecule is CCOc1ccc(-c2nc(CN3CCN(C4CCCC4)C(=O)C3)c(C)o2)cc1. The first-order chi connectivity index (χ1) is 13.6. The van der Waals surface area contributed by atoms with E-state index in [1.807, 2.05) is 38.1 Å². The van der Waals surface area contributed by atoms with Crippen LogP contribution in [0.4, 0.5) is 0 Å². The first kappa shape index (κ1) is 19.0. The molecular formula is C22H29N3O3. The third-order valence-corrected chi connectivity index (χ3v) is 5.78. The van der Waals surface area contributed by atoms with Crippen LogP contribution in [0.1, 0.15) is 44.1 Å². The smallest absolute Gasteiger partial charge is 0.237 e. The predicted octanol–water partition coefficient (Wildman–Crippen LogP) is 3.64. The molecule has 4 rings (SSSR count). The summed E-state index contributed by atoms with van der Waals surface area (Å²) < 4.78 is 11.4. The number of rotatable bonds is 6. The largest absolute Gasteiger partial charge is 0.494 e. The summed E-state index contributed by atoms with van der Waals surface area (Å²) in [6.45, 7) is 7.40. The standard InChI is InChI=1S/C22H29N3O3/c1-3-27-19-10-8-17(9-11-19)22-23-20(16(2)28-22)14-24-12-13-25(21(26)15-24)18-6-4-5-7-18/h8-11,18H,3-7,12-15H2,1-2H3. The highest BCUT2D eigenvalue weighted by Gasteiger charge is 2.31. The summed E-state index contributed by atoms with van der Waals surface area (Å²) in [5.74, 6) is 2.53. The summed E-state index contributed by atoms with van der Waals surface area (Å²) >= 11 is 0. The Morgan fingerprint density at radius 2 is 1.93 bits per heavy atom. The zero-order valence-corrected chi connectivity index (χ0v) is 16.8. The highest BCUT2D eigenvalue weighted by atomic mass is 16.5. The number of amides is 1. The lowest BCUT2D eigenvalue weighted by atomic mass is 10.1. The molecule has 150 valence electrons. The summed E-state index contributed by atoms with van der Waals surface area (Å²) in [6.07, 6.45) is 4.84. The van der Waals surface area contributed by atoms with Gasteiger partial charge in [-0.2, -0.15) is 0 Å². The molecule has 2 aromatic rings. The van der Waals surface area contributed by atoms with Crippen LogP contribution in [0.15, 0.2) is 28.7 Å². The maximum atomic E-state index is 12.6. The molecule has 0 radical (unpaired) electrons. The quantitative estimate of drug-likeness (QED) is 0.762. The zero-order valence-electron chi connectivity index (χ0n) is 16.8. The van der Waals surface area contributed by atoms with E-state index in [-0.39, 0.29) is 5.91 Å². The molecule has 0 N–H and O–H groups in total. The van der Waals surface area contributed by atoms with Crippen molar-refractivity contribution in [3.63, 3.8) is 0 Å². The Balaban J connectivity index is 1.39. The lowest BCUT2D eigenvalue weighted by Crippen LogP contribution is -2.53. The van der Waals surface area contributed by atoms with Crippen molar-refractivity contribution >= 4 is 5.91 Å². The molecule has 1 aliphatic carbocycles. The third-order valence-electron chi connectivity index (χ3n) is 5.78. The number of hydrogen-bond acceptors (Lipinski definition) is 5. The van der Waals surface area contributed by atoms with Gasteiger partial charge in [0.2, 0.25) is 11.8 Å². The summed E-state index contributed by atoms with van der Waals surface area (Å²) in [4.78, 5) is 21.6. The molecule has 1 saturated heterocycles. The molecular weight excluding hydrogens is 354 g/mol. The van der Waals surface area contributed by atoms with Crippen LogP contribution in [-0.2, 0) is 11.3 Å². The Morgan fingerprint density at radius 1 is 1.18 bits per heavy atom. The van der Waals surface area contributed by atoms with E-state index in [0.29, 0.717) is 31.6 Å². The fourth-order valence-electron chi connectivity index (χ4n) is 4.24. The van der Waals surface area contributed by atoms with Crippen molar-refractivity contribution in [3.8, 4) is 17.2 Å². The first-order valence-corrected chi connectivity index (χ1v) is 10.4. The van der Waals surface area contributed by atoms with E-state index in [1.54, 1.807) is 0 Å². The van der Waals surface area contributed by atoms with Gasteiger partial charge in [-0.3, -0.25) is 9.69 Å². The average molecular weight is 383 g/mol. The Bertz CT molecular complexity index is 809. The van der Waals surface area contributed by atoms with Crippen molar-refractivity contribution in [1.29, 1.82) is 0 Å². The minimum absolute atomic E-state index is 0.256. The van der Waals surface area contributed by atoms with E-state index in [0.717, 1.165) is 35.9 Å². The fourth-order valence-corrected chi connectivity index (χ4v) is 4.24. The minimum atomic E-state index is 0.256. The van der Waals surface area contributed by atoms with Crippen LogP contribution in [0.3, 0.4) is 0 Å². The molecule has 0 atom stereocenters. The fraction of sp³-hybridized carbons (Fsp3) is 0.545. The molecule has 2 aliphatic rings. The Morgan fingerprint density at radius 3 is 2.61 bits per heavy atom. The monoisotopic (exact) mass is 383 g/mol. The van der Waals surface area contributed by atoms with Crippen LogP contribution >= 0.6 is 0 Å². The van der Waals surface area contributed by atoms with Crippen LogP contribution in [0.5, 0.6) is 5.75 Å². The van der Waals surface area contributed by atoms with Gasteiger partial charge in [-0.25, -0.2) is 4.98 Å². The lowest BCUT2D eigenvalue weighted by Gasteiger charge is -2.37. The van der Waals surface area contributed by atoms with E-state index < -0.39 is 0 Å². The summed E-state index contributed by atoms with van der Waals surface area (Å²) in [5.41, 5.74) is 1.84. The topological polar surface area (TPSA) is 58.8 Å². The van der Waals surface area contributed by atoms with Crippen LogP contribution in [-0.4, -0.2) is 53.0 Å². The van der Waals surface area contributed by atoms with E-state index in [4.69, 9.17) is 14.1 Å². The first-order valence-electron chi connectivity index (χ1n) is 10.4. The molecule has 1 aromatic heterocycles. The van der Waals surface area contributed by atoms with Crippen LogP contribution < -0.4 is 4.74 Å². The number of piperazine rings is 1. The number of hydrogen-bond donors (Lipinski definition) is 0. The van der Waals surface area contributed by atoms with Crippen molar-refractivity contribution < 1.29 is 13.9 Å². The number of benzene rings is 1. The normalized spacial score (nSPS) is 18.8. The van der Waals surface area contributed by atoms with Gasteiger partial charge in [-0.15, -0.1) is 0 Å². The summed E-state index contributed by atoms with van der Waals surface area (Å²) in [5, 5.41) is 0. The van der Waals surface area contributed by atoms with Gasteiger partial charge in [-0.05, 0) is 51.0 Å². The summed E-state index contributed by atoms with van der Waals surface area (Å²) in [6, 6.07) is 8.25. The average Bonchev–Trinajstić information content (AvgIpc) is 3.34. The van der Waals surface area contributed by atoms with Gasteiger partial charge in [-0.1, -0.05) is 12.8 Å². The lowest BCUT2D eigenvalue weighted by molar-refractivity contribution is -0.138. The molecule has 2 fully saturated rings. The molecule has 28 heavy (non-hydrogen) atoms. The molecule has 0 spiro atoms. The molecule has 1 saturated carbocycles. The van der Waals surface area contributed by atoms with E-state index in [9.17, 15) is 4.79 Å². The molecule has 1 amide bonds. The van der Waals surface area contributed by atoms with Crippen molar-refractivity contribution in [3.05, 3.63) is 35.7 Å². The van der Waals surface area contributed by atoms with Crippen molar-refractivity contribution in [2.24, 2.45) is 0 Å². The van der Waals surface area contributed by atoms with Gasteiger partial charge in [0, 0.05) is 31.2 Å². The van der Waals surface area contributed by atoms with Crippen molar-refractivity contribution in [2.45, 2.75) is 52.1 Å². The number of carbonyl (C=O) groups excluding carboxylic acids is 1. The minimum Gasteiger partial charge on any atom is -0.494 e. The number of aromatic nitrogens is 1. The Kier molecular flexibility index (Phi) is 5.67. The molecule has 6 nitrogen and oxygen atoms in total. The summed E-state index contributed by atoms with van der Waals surface area (Å²) in [7, 11) is 0. The second-order valence-corrected chi connectivity index (χ2v) is 7.72. The number of oxazole rings is 1. The van der Waals surface area contributed by atoms with E-state index >= 15 is 0 Å². The highest BCUT2D eigenvalue weighted by molar-refractivity contribution is 5.79. The van der Waals surface area contributed by atoms with Crippen molar-refractivity contribution in [2.75, 3.05) is 26.2 Å². The highest BCUT2D eigenvalue weighted by Crippen LogP contribution is 2.27. The molecule has 2 heterocycles. The molecule has 0 bridgehead atoms. The zero-order chi connectivity index (χ0) is 19.5. The Labute approximate surface area is 166 Å². The number of nitrogens with zero attached hydrogens (tertiary/aromatic N) is 3. The second kappa shape index (κ2) is 8.35. The number of aryl methyl sites for hydroxylation is 1. The predicted molar refractivity (Wildman–Crippen MR) is 107 cm³/mol. The molecule has 6 heteroatoms. The van der Waals surface area contributed by atoms with Crippen LogP contribution in [0.2, 0.25) is 0 Å². The number of ether oxygens (including phenoxy) is 1. The maximum absolute atomic E-state index is 12.6. The van der Waals surface area contributed by atoms with Crippen molar-refractivity contribution in [1.82, 2.24) is 14.8 Å². The van der Waals surface area contributed by atoms with Crippen LogP contribution in [0.25, 0.3) is 11.5 Å². The van der Waals surface area contributed by atoms with E-state index in [1.165, 1.54) is 25.7 Å². The van der Waals surface area contributed by atoms with Gasteiger partial charge in [0.15, 0.2) is 0 Å². The maximum Gasteiger partial charge on any atom is 0.237 e. The molecule has 1 aromatic carbocycles. The molecule has 1 aliphatic heterocycles. The van der Waals surface area contributed by atoms with Gasteiger partial charge in [0.05, 0.1) is 18.8 Å². The second-order valence-electron chi connectivity index (χ2n) is 7.72. The van der Waals surface area contributed by atoms with Gasteiger partial charge in [0.1, 0.15) is 11.5 Å². The van der Waals surface area contributed by atoms with Crippen LogP contribution in [0, 0.1) is 6.92 Å². The third kappa shape index (κ3) is 4.07. The molecule has 0 unspecified atom stereocenters. The van der Waals surface area contributed by atoms with E-state index in [2.05, 4.69) is 9.80 Å². The number of carbonyl (C=O) groups is 1.